The van der Waals surface area contributed by atoms with Crippen LogP contribution in [0.3, 0.4) is 0 Å². The molecule has 0 N–H and O–H groups in total. The Kier molecular flexibility index (Phi) is 5.65. The highest BCUT2D eigenvalue weighted by Crippen LogP contribution is 2.17. The van der Waals surface area contributed by atoms with Gasteiger partial charge in [-0.15, -0.1) is 0 Å². The Bertz CT molecular complexity index is 193. The normalized spacial score (nSPS) is 25.5. The van der Waals surface area contributed by atoms with Crippen molar-refractivity contribution in [1.29, 1.82) is 0 Å². The summed E-state index contributed by atoms with van der Waals surface area (Å²) in [6, 6.07) is 0. The van der Waals surface area contributed by atoms with E-state index in [4.69, 9.17) is 14.2 Å². The highest BCUT2D eigenvalue weighted by Gasteiger charge is 2.27. The molecule has 1 aliphatic rings. The lowest BCUT2D eigenvalue weighted by Gasteiger charge is -2.10. The lowest BCUT2D eigenvalue weighted by molar-refractivity contribution is -0.146. The van der Waals surface area contributed by atoms with Crippen LogP contribution in [-0.2, 0) is 19.0 Å². The van der Waals surface area contributed by atoms with Crippen LogP contribution in [0.25, 0.3) is 0 Å². The fraction of sp³-hybridized carbons (Fsp3) is 0.909. The Morgan fingerprint density at radius 2 is 2.27 bits per heavy atom. The molecule has 15 heavy (non-hydrogen) atoms. The summed E-state index contributed by atoms with van der Waals surface area (Å²) in [5.41, 5.74) is 0. The second kappa shape index (κ2) is 6.80. The van der Waals surface area contributed by atoms with Gasteiger partial charge in [0.25, 0.3) is 0 Å². The zero-order valence-electron chi connectivity index (χ0n) is 9.53. The smallest absolute Gasteiger partial charge is 0.302 e. The number of esters is 1. The molecular formula is C11H20O4. The van der Waals surface area contributed by atoms with Gasteiger partial charge in [-0.25, -0.2) is 0 Å². The van der Waals surface area contributed by atoms with E-state index in [1.165, 1.54) is 19.8 Å². The van der Waals surface area contributed by atoms with E-state index >= 15 is 0 Å². The van der Waals surface area contributed by atoms with Crippen LogP contribution in [-0.4, -0.2) is 31.6 Å². The molecule has 1 saturated heterocycles. The molecule has 0 bridgehead atoms. The summed E-state index contributed by atoms with van der Waals surface area (Å²) in [6.07, 6.45) is 3.77. The van der Waals surface area contributed by atoms with E-state index in [2.05, 4.69) is 6.92 Å². The number of carbonyl (C=O) groups excluding carboxylic acids is 1. The predicted molar refractivity (Wildman–Crippen MR) is 55.4 cm³/mol. The summed E-state index contributed by atoms with van der Waals surface area (Å²) in [5.74, 6) is -0.254. The van der Waals surface area contributed by atoms with Gasteiger partial charge in [-0.1, -0.05) is 19.8 Å². The number of rotatable bonds is 6. The Morgan fingerprint density at radius 3 is 2.93 bits per heavy atom. The molecule has 4 nitrogen and oxygen atoms in total. The van der Waals surface area contributed by atoms with Crippen molar-refractivity contribution in [3.05, 3.63) is 0 Å². The minimum atomic E-state index is -0.254. The summed E-state index contributed by atoms with van der Waals surface area (Å²) in [4.78, 5) is 10.7. The third-order valence-electron chi connectivity index (χ3n) is 2.31. The molecule has 0 aromatic rings. The number of ether oxygens (including phenoxy) is 3. The third kappa shape index (κ3) is 5.14. The zero-order valence-corrected chi connectivity index (χ0v) is 9.53. The molecule has 1 fully saturated rings. The first-order chi connectivity index (χ1) is 7.22. The van der Waals surface area contributed by atoms with Crippen molar-refractivity contribution in [1.82, 2.24) is 0 Å². The van der Waals surface area contributed by atoms with E-state index in [1.807, 2.05) is 0 Å². The molecule has 0 aromatic heterocycles. The maximum Gasteiger partial charge on any atom is 0.302 e. The molecule has 4 heteroatoms. The van der Waals surface area contributed by atoms with Crippen LogP contribution in [0.5, 0.6) is 0 Å². The molecule has 1 heterocycles. The Balaban J connectivity index is 2.05. The molecular weight excluding hydrogens is 196 g/mol. The van der Waals surface area contributed by atoms with Crippen LogP contribution in [0.4, 0.5) is 0 Å². The van der Waals surface area contributed by atoms with Crippen LogP contribution in [0, 0.1) is 0 Å². The fourth-order valence-corrected chi connectivity index (χ4v) is 1.57. The van der Waals surface area contributed by atoms with Crippen molar-refractivity contribution in [3.63, 3.8) is 0 Å². The third-order valence-corrected chi connectivity index (χ3v) is 2.31. The first kappa shape index (κ1) is 12.5. The number of unbranched alkanes of at least 4 members (excludes halogenated alkanes) is 2. The molecule has 0 radical (unpaired) electrons. The molecule has 88 valence electrons. The molecule has 0 saturated carbocycles. The van der Waals surface area contributed by atoms with Crippen molar-refractivity contribution < 1.29 is 19.0 Å². The minimum absolute atomic E-state index is 0.126. The zero-order chi connectivity index (χ0) is 11.1. The maximum absolute atomic E-state index is 10.7. The van der Waals surface area contributed by atoms with E-state index in [-0.39, 0.29) is 18.4 Å². The standard InChI is InChI=1S/C11H20O4/c1-3-4-5-6-13-11-7-10(8-14-11)15-9(2)12/h10-11H,3-8H2,1-2H3/t10?,11-/m1/s1. The molecule has 0 spiro atoms. The molecule has 0 aromatic carbocycles. The van der Waals surface area contributed by atoms with Gasteiger partial charge in [0.1, 0.15) is 6.10 Å². The van der Waals surface area contributed by atoms with Gasteiger partial charge in [0.05, 0.1) is 6.61 Å². The molecule has 2 atom stereocenters. The summed E-state index contributed by atoms with van der Waals surface area (Å²) < 4.78 is 15.9. The van der Waals surface area contributed by atoms with Gasteiger partial charge in [0.2, 0.25) is 0 Å². The second-order valence-electron chi connectivity index (χ2n) is 3.81. The van der Waals surface area contributed by atoms with Crippen LogP contribution < -0.4 is 0 Å². The Hall–Kier alpha value is -0.610. The van der Waals surface area contributed by atoms with E-state index < -0.39 is 0 Å². The summed E-state index contributed by atoms with van der Waals surface area (Å²) in [5, 5.41) is 0. The van der Waals surface area contributed by atoms with Crippen LogP contribution in [0.15, 0.2) is 0 Å². The minimum Gasteiger partial charge on any atom is -0.460 e. The second-order valence-corrected chi connectivity index (χ2v) is 3.81. The van der Waals surface area contributed by atoms with Gasteiger partial charge < -0.3 is 14.2 Å². The average Bonchev–Trinajstić information content (AvgIpc) is 2.59. The van der Waals surface area contributed by atoms with Crippen molar-refractivity contribution >= 4 is 5.97 Å². The average molecular weight is 216 g/mol. The van der Waals surface area contributed by atoms with Crippen LogP contribution in [0.1, 0.15) is 39.5 Å². The van der Waals surface area contributed by atoms with Gasteiger partial charge in [-0.05, 0) is 6.42 Å². The lowest BCUT2D eigenvalue weighted by Crippen LogP contribution is -2.17. The molecule has 1 aliphatic heterocycles. The number of hydrogen-bond acceptors (Lipinski definition) is 4. The molecule has 0 aliphatic carbocycles. The number of carbonyl (C=O) groups is 1. The lowest BCUT2D eigenvalue weighted by atomic mass is 10.2. The SMILES string of the molecule is CCCCCO[C@H]1CC(OC(C)=O)CO1. The highest BCUT2D eigenvalue weighted by atomic mass is 16.7. The van der Waals surface area contributed by atoms with E-state index in [0.29, 0.717) is 13.0 Å². The predicted octanol–water partition coefficient (Wildman–Crippen LogP) is 1.87. The maximum atomic E-state index is 10.7. The van der Waals surface area contributed by atoms with Gasteiger partial charge in [0, 0.05) is 20.0 Å². The summed E-state index contributed by atoms with van der Waals surface area (Å²) >= 11 is 0. The fourth-order valence-electron chi connectivity index (χ4n) is 1.57. The first-order valence-electron chi connectivity index (χ1n) is 5.62. The van der Waals surface area contributed by atoms with E-state index in [9.17, 15) is 4.79 Å². The first-order valence-corrected chi connectivity index (χ1v) is 5.62. The van der Waals surface area contributed by atoms with Crippen LogP contribution in [0.2, 0.25) is 0 Å². The van der Waals surface area contributed by atoms with Crippen molar-refractivity contribution in [2.45, 2.75) is 51.9 Å². The quantitative estimate of drug-likeness (QED) is 0.502. The largest absolute Gasteiger partial charge is 0.460 e. The van der Waals surface area contributed by atoms with E-state index in [1.54, 1.807) is 0 Å². The van der Waals surface area contributed by atoms with Crippen molar-refractivity contribution in [2.75, 3.05) is 13.2 Å². The van der Waals surface area contributed by atoms with Crippen molar-refractivity contribution in [3.8, 4) is 0 Å². The Labute approximate surface area is 90.9 Å². The monoisotopic (exact) mass is 216 g/mol. The van der Waals surface area contributed by atoms with Gasteiger partial charge in [-0.3, -0.25) is 4.79 Å². The van der Waals surface area contributed by atoms with Crippen molar-refractivity contribution in [2.24, 2.45) is 0 Å². The van der Waals surface area contributed by atoms with E-state index in [0.717, 1.165) is 13.0 Å². The summed E-state index contributed by atoms with van der Waals surface area (Å²) in [7, 11) is 0. The number of hydrogen-bond donors (Lipinski definition) is 0. The molecule has 1 rings (SSSR count). The molecule has 1 unspecified atom stereocenters. The Morgan fingerprint density at radius 1 is 1.47 bits per heavy atom. The topological polar surface area (TPSA) is 44.8 Å². The molecule has 0 amide bonds. The van der Waals surface area contributed by atoms with Gasteiger partial charge in [-0.2, -0.15) is 0 Å². The van der Waals surface area contributed by atoms with Crippen LogP contribution >= 0.6 is 0 Å². The highest BCUT2D eigenvalue weighted by molar-refractivity contribution is 5.66. The van der Waals surface area contributed by atoms with Gasteiger partial charge in [0.15, 0.2) is 6.29 Å². The van der Waals surface area contributed by atoms with Gasteiger partial charge >= 0.3 is 5.97 Å². The summed E-state index contributed by atoms with van der Waals surface area (Å²) in [6.45, 7) is 4.75.